The van der Waals surface area contributed by atoms with Crippen molar-refractivity contribution in [2.45, 2.75) is 13.5 Å². The minimum absolute atomic E-state index is 0.0617. The number of ether oxygens (including phenoxy) is 1. The topological polar surface area (TPSA) is 54.3 Å². The summed E-state index contributed by atoms with van der Waals surface area (Å²) in [7, 11) is 1.63. The van der Waals surface area contributed by atoms with E-state index in [-0.39, 0.29) is 5.91 Å². The van der Waals surface area contributed by atoms with Crippen LogP contribution in [0.3, 0.4) is 0 Å². The van der Waals surface area contributed by atoms with E-state index in [0.29, 0.717) is 17.5 Å². The molecule has 0 N–H and O–H groups in total. The quantitative estimate of drug-likeness (QED) is 0.611. The van der Waals surface area contributed by atoms with Crippen molar-refractivity contribution in [1.82, 2.24) is 4.90 Å². The predicted molar refractivity (Wildman–Crippen MR) is 102 cm³/mol. The number of hydrogen-bond acceptors (Lipinski definition) is 5. The second-order valence-electron chi connectivity index (χ2n) is 5.60. The molecule has 0 saturated carbocycles. The number of amides is 1. The highest BCUT2D eigenvalue weighted by Gasteiger charge is 2.28. The molecule has 0 aliphatic carbocycles. The molecule has 2 aromatic carbocycles. The van der Waals surface area contributed by atoms with E-state index in [9.17, 15) is 4.79 Å². The van der Waals surface area contributed by atoms with E-state index in [1.54, 1.807) is 18.2 Å². The molecule has 25 heavy (non-hydrogen) atoms. The summed E-state index contributed by atoms with van der Waals surface area (Å²) in [5.74, 6) is 1.26. The smallest absolute Gasteiger partial charge is 0.239 e. The Labute approximate surface area is 151 Å². The fourth-order valence-corrected chi connectivity index (χ4v) is 3.26. The Morgan fingerprint density at radius 3 is 2.68 bits per heavy atom. The Bertz CT molecular complexity index is 816. The Morgan fingerprint density at radius 1 is 1.20 bits per heavy atom. The maximum absolute atomic E-state index is 12.2. The molecule has 1 aliphatic heterocycles. The third-order valence-electron chi connectivity index (χ3n) is 3.91. The van der Waals surface area contributed by atoms with Crippen LogP contribution in [0, 0.1) is 6.92 Å². The van der Waals surface area contributed by atoms with Gasteiger partial charge in [-0.15, -0.1) is 5.10 Å². The van der Waals surface area contributed by atoms with Gasteiger partial charge in [-0.05, 0) is 47.9 Å². The van der Waals surface area contributed by atoms with Gasteiger partial charge in [-0.3, -0.25) is 9.69 Å². The van der Waals surface area contributed by atoms with Crippen LogP contribution in [0.4, 0.5) is 0 Å². The van der Waals surface area contributed by atoms with Gasteiger partial charge >= 0.3 is 0 Å². The Balaban J connectivity index is 1.73. The lowest BCUT2D eigenvalue weighted by Crippen LogP contribution is -2.29. The van der Waals surface area contributed by atoms with Gasteiger partial charge in [0.05, 0.1) is 25.6 Å². The van der Waals surface area contributed by atoms with Gasteiger partial charge in [0, 0.05) is 0 Å². The zero-order valence-corrected chi connectivity index (χ0v) is 15.0. The van der Waals surface area contributed by atoms with E-state index in [1.165, 1.54) is 11.8 Å². The molecule has 1 aliphatic rings. The molecule has 5 nitrogen and oxygen atoms in total. The van der Waals surface area contributed by atoms with Gasteiger partial charge in [-0.25, -0.2) is 0 Å². The van der Waals surface area contributed by atoms with Crippen LogP contribution in [0.1, 0.15) is 16.7 Å². The summed E-state index contributed by atoms with van der Waals surface area (Å²) in [4.78, 5) is 13.9. The van der Waals surface area contributed by atoms with Crippen molar-refractivity contribution in [3.05, 3.63) is 65.2 Å². The molecule has 1 heterocycles. The minimum Gasteiger partial charge on any atom is -0.497 e. The van der Waals surface area contributed by atoms with E-state index < -0.39 is 0 Å². The first-order chi connectivity index (χ1) is 12.2. The molecule has 6 heteroatoms. The summed E-state index contributed by atoms with van der Waals surface area (Å²) in [6.45, 7) is 2.57. The van der Waals surface area contributed by atoms with Gasteiger partial charge in [0.2, 0.25) is 5.91 Å². The number of methoxy groups -OCH3 is 1. The number of thioether (sulfide) groups is 1. The number of amidine groups is 1. The summed E-state index contributed by atoms with van der Waals surface area (Å²) in [6, 6.07) is 15.6. The summed E-state index contributed by atoms with van der Waals surface area (Å²) >= 11 is 1.42. The molecule has 3 rings (SSSR count). The normalized spacial score (nSPS) is 16.2. The monoisotopic (exact) mass is 353 g/mol. The molecular weight excluding hydrogens is 334 g/mol. The molecular formula is C19H19N3O2S. The van der Waals surface area contributed by atoms with Crippen LogP contribution in [0.15, 0.2) is 58.7 Å². The average molecular weight is 353 g/mol. The van der Waals surface area contributed by atoms with E-state index in [2.05, 4.69) is 10.2 Å². The van der Waals surface area contributed by atoms with Gasteiger partial charge in [0.25, 0.3) is 0 Å². The maximum atomic E-state index is 12.2. The van der Waals surface area contributed by atoms with Crippen molar-refractivity contribution in [2.75, 3.05) is 12.9 Å². The lowest BCUT2D eigenvalue weighted by atomic mass is 10.1. The first-order valence-electron chi connectivity index (χ1n) is 7.90. The van der Waals surface area contributed by atoms with Crippen molar-refractivity contribution in [2.24, 2.45) is 10.2 Å². The van der Waals surface area contributed by atoms with Crippen molar-refractivity contribution in [1.29, 1.82) is 0 Å². The van der Waals surface area contributed by atoms with E-state index in [0.717, 1.165) is 22.4 Å². The highest BCUT2D eigenvalue weighted by molar-refractivity contribution is 8.15. The van der Waals surface area contributed by atoms with Gasteiger partial charge in [-0.2, -0.15) is 5.10 Å². The zero-order chi connectivity index (χ0) is 17.6. The molecule has 0 spiro atoms. The van der Waals surface area contributed by atoms with Crippen LogP contribution in [0.2, 0.25) is 0 Å². The molecule has 1 amide bonds. The van der Waals surface area contributed by atoms with Crippen LogP contribution in [0.25, 0.3) is 0 Å². The average Bonchev–Trinajstić information content (AvgIpc) is 2.98. The molecule has 1 fully saturated rings. The fourth-order valence-electron chi connectivity index (χ4n) is 2.42. The second-order valence-corrected chi connectivity index (χ2v) is 6.54. The number of hydrogen-bond donors (Lipinski definition) is 0. The molecule has 128 valence electrons. The summed E-state index contributed by atoms with van der Waals surface area (Å²) < 4.78 is 5.13. The molecule has 0 atom stereocenters. The maximum Gasteiger partial charge on any atom is 0.239 e. The third kappa shape index (κ3) is 4.28. The van der Waals surface area contributed by atoms with Gasteiger partial charge in [-0.1, -0.05) is 36.0 Å². The third-order valence-corrected chi connectivity index (χ3v) is 4.86. The Morgan fingerprint density at radius 2 is 1.96 bits per heavy atom. The van der Waals surface area contributed by atoms with E-state index in [4.69, 9.17) is 4.74 Å². The standard InChI is InChI=1S/C19H19N3O2S/c1-14-5-3-4-6-16(14)12-22-18(23)13-25-19(22)21-20-11-15-7-9-17(24-2)10-8-15/h3-11H,12-13H2,1-2H3/b20-11+,21-19-. The SMILES string of the molecule is COc1ccc(/C=N/N=C2\SCC(=O)N2Cc2ccccc2C)cc1. The Hall–Kier alpha value is -2.60. The van der Waals surface area contributed by atoms with Crippen LogP contribution >= 0.6 is 11.8 Å². The second kappa shape index (κ2) is 7.98. The van der Waals surface area contributed by atoms with Gasteiger partial charge in [0.15, 0.2) is 5.17 Å². The van der Waals surface area contributed by atoms with Crippen LogP contribution in [-0.4, -0.2) is 35.1 Å². The minimum atomic E-state index is 0.0617. The summed E-state index contributed by atoms with van der Waals surface area (Å²) in [6.07, 6.45) is 1.67. The Kier molecular flexibility index (Phi) is 5.50. The summed E-state index contributed by atoms with van der Waals surface area (Å²) in [5, 5.41) is 9.01. The van der Waals surface area contributed by atoms with Gasteiger partial charge < -0.3 is 4.74 Å². The number of nitrogens with zero attached hydrogens (tertiary/aromatic N) is 3. The number of carbonyl (C=O) groups is 1. The van der Waals surface area contributed by atoms with Crippen molar-refractivity contribution >= 4 is 29.1 Å². The number of aryl methyl sites for hydroxylation is 1. The summed E-state index contributed by atoms with van der Waals surface area (Å²) in [5.41, 5.74) is 3.20. The van der Waals surface area contributed by atoms with E-state index in [1.807, 2.05) is 55.5 Å². The van der Waals surface area contributed by atoms with Crippen LogP contribution in [-0.2, 0) is 11.3 Å². The molecule has 2 aromatic rings. The number of carbonyl (C=O) groups excluding carboxylic acids is 1. The number of benzene rings is 2. The highest BCUT2D eigenvalue weighted by Crippen LogP contribution is 2.23. The van der Waals surface area contributed by atoms with Crippen LogP contribution < -0.4 is 4.74 Å². The lowest BCUT2D eigenvalue weighted by Gasteiger charge is -2.16. The molecule has 0 bridgehead atoms. The van der Waals surface area contributed by atoms with Crippen LogP contribution in [0.5, 0.6) is 5.75 Å². The fraction of sp³-hybridized carbons (Fsp3) is 0.211. The predicted octanol–water partition coefficient (Wildman–Crippen LogP) is 3.47. The van der Waals surface area contributed by atoms with Gasteiger partial charge in [0.1, 0.15) is 5.75 Å². The lowest BCUT2D eigenvalue weighted by molar-refractivity contribution is -0.124. The first kappa shape index (κ1) is 17.2. The molecule has 0 radical (unpaired) electrons. The molecule has 1 saturated heterocycles. The van der Waals surface area contributed by atoms with E-state index >= 15 is 0 Å². The first-order valence-corrected chi connectivity index (χ1v) is 8.88. The molecule has 0 unspecified atom stereocenters. The van der Waals surface area contributed by atoms with Crippen molar-refractivity contribution in [3.63, 3.8) is 0 Å². The zero-order valence-electron chi connectivity index (χ0n) is 14.2. The van der Waals surface area contributed by atoms with Crippen molar-refractivity contribution < 1.29 is 9.53 Å². The number of rotatable bonds is 5. The largest absolute Gasteiger partial charge is 0.497 e. The van der Waals surface area contributed by atoms with Crippen molar-refractivity contribution in [3.8, 4) is 5.75 Å². The molecule has 0 aromatic heterocycles. The highest BCUT2D eigenvalue weighted by atomic mass is 32.2.